The Morgan fingerprint density at radius 1 is 1.10 bits per heavy atom. The smallest absolute Gasteiger partial charge is 0.237 e. The van der Waals surface area contributed by atoms with E-state index in [9.17, 15) is 10.1 Å². The van der Waals surface area contributed by atoms with E-state index in [1.54, 1.807) is 4.90 Å². The summed E-state index contributed by atoms with van der Waals surface area (Å²) in [7, 11) is 0. The van der Waals surface area contributed by atoms with Crippen LogP contribution in [0.4, 0.5) is 0 Å². The predicted octanol–water partition coefficient (Wildman–Crippen LogP) is 4.58. The summed E-state index contributed by atoms with van der Waals surface area (Å²) >= 11 is 0. The lowest BCUT2D eigenvalue weighted by Gasteiger charge is -2.30. The first-order chi connectivity index (χ1) is 15.0. The van der Waals surface area contributed by atoms with Gasteiger partial charge in [-0.2, -0.15) is 5.26 Å². The highest BCUT2D eigenvalue weighted by atomic mass is 16.2. The summed E-state index contributed by atoms with van der Waals surface area (Å²) in [6.07, 6.45) is 5.91. The third-order valence-corrected chi connectivity index (χ3v) is 7.02. The maximum atomic E-state index is 12.7. The fourth-order valence-electron chi connectivity index (χ4n) is 5.16. The molecular formula is C27H33N3O. The van der Waals surface area contributed by atoms with Crippen LogP contribution in [0.1, 0.15) is 67.7 Å². The molecule has 2 aromatic carbocycles. The van der Waals surface area contributed by atoms with Crippen LogP contribution in [0.25, 0.3) is 0 Å². The highest BCUT2D eigenvalue weighted by molar-refractivity contribution is 5.79. The van der Waals surface area contributed by atoms with E-state index in [1.165, 1.54) is 22.3 Å². The van der Waals surface area contributed by atoms with Gasteiger partial charge in [0.05, 0.1) is 12.6 Å². The summed E-state index contributed by atoms with van der Waals surface area (Å²) in [6.45, 7) is 5.36. The Morgan fingerprint density at radius 2 is 1.71 bits per heavy atom. The molecular weight excluding hydrogens is 382 g/mol. The molecule has 4 rings (SSSR count). The number of hydrogen-bond donors (Lipinski definition) is 1. The Kier molecular flexibility index (Phi) is 6.43. The number of nitriles is 1. The SMILES string of the molecule is CC(C)(CCC1c2ccccc2CCc2ccccc21)NCC(=O)N1CCC[C@H]1C#N. The van der Waals surface area contributed by atoms with Gasteiger partial charge in [0, 0.05) is 18.0 Å². The van der Waals surface area contributed by atoms with Gasteiger partial charge in [-0.15, -0.1) is 0 Å². The average molecular weight is 416 g/mol. The predicted molar refractivity (Wildman–Crippen MR) is 124 cm³/mol. The quantitative estimate of drug-likeness (QED) is 0.751. The Hall–Kier alpha value is -2.64. The van der Waals surface area contributed by atoms with E-state index < -0.39 is 0 Å². The van der Waals surface area contributed by atoms with Gasteiger partial charge < -0.3 is 10.2 Å². The molecule has 1 heterocycles. The van der Waals surface area contributed by atoms with Gasteiger partial charge in [-0.3, -0.25) is 4.79 Å². The Morgan fingerprint density at radius 3 is 2.32 bits per heavy atom. The Bertz CT molecular complexity index is 927. The molecule has 4 heteroatoms. The van der Waals surface area contributed by atoms with Gasteiger partial charge in [-0.25, -0.2) is 0 Å². The summed E-state index contributed by atoms with van der Waals surface area (Å²) in [6, 6.07) is 19.8. The molecule has 2 aromatic rings. The van der Waals surface area contributed by atoms with E-state index in [0.29, 0.717) is 19.0 Å². The van der Waals surface area contributed by atoms with E-state index in [1.807, 2.05) is 0 Å². The minimum Gasteiger partial charge on any atom is -0.326 e. The molecule has 1 aliphatic carbocycles. The number of amides is 1. The number of rotatable bonds is 6. The number of aryl methyl sites for hydroxylation is 2. The van der Waals surface area contributed by atoms with Gasteiger partial charge in [-0.1, -0.05) is 48.5 Å². The summed E-state index contributed by atoms with van der Waals surface area (Å²) in [5, 5.41) is 12.7. The highest BCUT2D eigenvalue weighted by Gasteiger charge is 2.30. The molecule has 0 unspecified atom stereocenters. The summed E-state index contributed by atoms with van der Waals surface area (Å²) < 4.78 is 0. The number of carbonyl (C=O) groups is 1. The normalized spacial score (nSPS) is 18.7. The van der Waals surface area contributed by atoms with Gasteiger partial charge in [0.25, 0.3) is 0 Å². The van der Waals surface area contributed by atoms with E-state index in [2.05, 4.69) is 73.8 Å². The molecule has 4 nitrogen and oxygen atoms in total. The lowest BCUT2D eigenvalue weighted by Crippen LogP contribution is -2.47. The molecule has 0 spiro atoms. The van der Waals surface area contributed by atoms with Crippen LogP contribution in [0.2, 0.25) is 0 Å². The molecule has 162 valence electrons. The van der Waals surface area contributed by atoms with E-state index in [0.717, 1.165) is 38.5 Å². The third-order valence-electron chi connectivity index (χ3n) is 7.02. The number of hydrogen-bond acceptors (Lipinski definition) is 3. The lowest BCUT2D eigenvalue weighted by molar-refractivity contribution is -0.130. The van der Waals surface area contributed by atoms with E-state index in [-0.39, 0.29) is 17.5 Å². The number of nitrogens with zero attached hydrogens (tertiary/aromatic N) is 2. The number of carbonyl (C=O) groups excluding carboxylic acids is 1. The largest absolute Gasteiger partial charge is 0.326 e. The minimum atomic E-state index is -0.253. The summed E-state index contributed by atoms with van der Waals surface area (Å²) in [4.78, 5) is 14.4. The summed E-state index contributed by atoms with van der Waals surface area (Å²) in [5.41, 5.74) is 5.66. The average Bonchev–Trinajstić information content (AvgIpc) is 3.20. The van der Waals surface area contributed by atoms with Crippen molar-refractivity contribution in [3.05, 3.63) is 70.8 Å². The Labute approximate surface area is 186 Å². The van der Waals surface area contributed by atoms with Crippen LogP contribution in [0, 0.1) is 11.3 Å². The standard InChI is InChI=1S/C27H33N3O/c1-27(2,29-19-26(31)30-17-7-10-22(30)18-28)16-15-25-23-11-5-3-8-20(23)13-14-21-9-4-6-12-24(21)25/h3-6,8-9,11-12,22,25,29H,7,10,13-17,19H2,1-2H3/t22-/m0/s1. The number of fused-ring (bicyclic) bond motifs is 2. The van der Waals surface area contributed by atoms with Gasteiger partial charge in [0.2, 0.25) is 5.91 Å². The molecule has 0 aromatic heterocycles. The molecule has 1 fully saturated rings. The van der Waals surface area contributed by atoms with Crippen molar-refractivity contribution >= 4 is 5.91 Å². The lowest BCUT2D eigenvalue weighted by atomic mass is 9.82. The van der Waals surface area contributed by atoms with E-state index >= 15 is 0 Å². The van der Waals surface area contributed by atoms with Crippen LogP contribution >= 0.6 is 0 Å². The number of likely N-dealkylation sites (tertiary alicyclic amines) is 1. The second kappa shape index (κ2) is 9.24. The van der Waals surface area contributed by atoms with Crippen molar-refractivity contribution in [2.24, 2.45) is 0 Å². The van der Waals surface area contributed by atoms with E-state index in [4.69, 9.17) is 0 Å². The molecule has 1 aliphatic heterocycles. The first kappa shape index (κ1) is 21.6. The van der Waals surface area contributed by atoms with Gasteiger partial charge in [-0.05, 0) is 74.6 Å². The second-order valence-corrected chi connectivity index (χ2v) is 9.60. The van der Waals surface area contributed by atoms with Crippen LogP contribution in [-0.2, 0) is 17.6 Å². The summed E-state index contributed by atoms with van der Waals surface area (Å²) in [5.74, 6) is 0.426. The fourth-order valence-corrected chi connectivity index (χ4v) is 5.16. The maximum absolute atomic E-state index is 12.7. The van der Waals surface area contributed by atoms with Crippen molar-refractivity contribution in [3.63, 3.8) is 0 Å². The van der Waals surface area contributed by atoms with Crippen molar-refractivity contribution in [1.82, 2.24) is 10.2 Å². The zero-order valence-corrected chi connectivity index (χ0v) is 18.7. The van der Waals surface area contributed by atoms with Gasteiger partial charge >= 0.3 is 0 Å². The zero-order valence-electron chi connectivity index (χ0n) is 18.7. The minimum absolute atomic E-state index is 0.0438. The zero-order chi connectivity index (χ0) is 21.8. The fraction of sp³-hybridized carbons (Fsp3) is 0.481. The van der Waals surface area contributed by atoms with Gasteiger partial charge in [0.15, 0.2) is 0 Å². The molecule has 0 radical (unpaired) electrons. The first-order valence-electron chi connectivity index (χ1n) is 11.6. The number of nitrogens with one attached hydrogen (secondary N) is 1. The molecule has 1 amide bonds. The first-order valence-corrected chi connectivity index (χ1v) is 11.6. The van der Waals surface area contributed by atoms with Gasteiger partial charge in [0.1, 0.15) is 6.04 Å². The van der Waals surface area contributed by atoms with Crippen LogP contribution < -0.4 is 5.32 Å². The maximum Gasteiger partial charge on any atom is 0.237 e. The molecule has 31 heavy (non-hydrogen) atoms. The molecule has 2 aliphatic rings. The molecule has 0 saturated carbocycles. The van der Waals surface area contributed by atoms with Crippen LogP contribution in [0.15, 0.2) is 48.5 Å². The monoisotopic (exact) mass is 415 g/mol. The topological polar surface area (TPSA) is 56.1 Å². The van der Waals surface area contributed by atoms with Crippen molar-refractivity contribution in [2.45, 2.75) is 69.9 Å². The van der Waals surface area contributed by atoms with Crippen LogP contribution in [0.3, 0.4) is 0 Å². The molecule has 0 bridgehead atoms. The molecule has 1 saturated heterocycles. The molecule has 1 N–H and O–H groups in total. The molecule has 1 atom stereocenters. The van der Waals surface area contributed by atoms with Crippen LogP contribution in [0.5, 0.6) is 0 Å². The van der Waals surface area contributed by atoms with Crippen molar-refractivity contribution in [3.8, 4) is 6.07 Å². The van der Waals surface area contributed by atoms with Crippen molar-refractivity contribution < 1.29 is 4.79 Å². The van der Waals surface area contributed by atoms with Crippen molar-refractivity contribution in [1.29, 1.82) is 5.26 Å². The Balaban J connectivity index is 1.44. The van der Waals surface area contributed by atoms with Crippen molar-refractivity contribution in [2.75, 3.05) is 13.1 Å². The third kappa shape index (κ3) is 4.83. The highest BCUT2D eigenvalue weighted by Crippen LogP contribution is 2.38. The number of benzene rings is 2. The second-order valence-electron chi connectivity index (χ2n) is 9.60. The van der Waals surface area contributed by atoms with Crippen LogP contribution in [-0.4, -0.2) is 35.5 Å².